The number of hydrogen-bond donors (Lipinski definition) is 2. The molecule has 5 nitrogen and oxygen atoms in total. The van der Waals surface area contributed by atoms with Crippen LogP contribution in [0.1, 0.15) is 30.9 Å². The largest absolute Gasteiger partial charge is 0.502 e. The van der Waals surface area contributed by atoms with Gasteiger partial charge in [0, 0.05) is 32.2 Å². The van der Waals surface area contributed by atoms with E-state index in [1.807, 2.05) is 12.1 Å². The lowest BCUT2D eigenvalue weighted by Crippen LogP contribution is -2.47. The molecule has 0 aromatic heterocycles. The average molecular weight is 379 g/mol. The fourth-order valence-electron chi connectivity index (χ4n) is 3.58. The number of phenols is 1. The summed E-state index contributed by atoms with van der Waals surface area (Å²) in [5.74, 6) is 1.76. The maximum atomic E-state index is 10.1. The smallest absolute Gasteiger partial charge is 0.200 e. The number of rotatable bonds is 5. The average Bonchev–Trinajstić information content (AvgIpc) is 2.52. The molecule has 2 aliphatic rings. The Morgan fingerprint density at radius 3 is 2.04 bits per heavy atom. The third-order valence-corrected chi connectivity index (χ3v) is 4.98. The van der Waals surface area contributed by atoms with Gasteiger partial charge in [-0.25, -0.2) is 0 Å². The summed E-state index contributed by atoms with van der Waals surface area (Å²) in [4.78, 5) is 2.56. The summed E-state index contributed by atoms with van der Waals surface area (Å²) in [5.41, 5.74) is 1.19. The van der Waals surface area contributed by atoms with Crippen molar-refractivity contribution in [1.29, 1.82) is 0 Å². The SMILES string of the molecule is COc1cc([C@@H](C2CCC2)N2CCNCC2)cc(OC)c1O.Cl.Cl. The molecule has 0 unspecified atom stereocenters. The summed E-state index contributed by atoms with van der Waals surface area (Å²) < 4.78 is 10.7. The molecule has 2 N–H and O–H groups in total. The molecule has 0 bridgehead atoms. The highest BCUT2D eigenvalue weighted by molar-refractivity contribution is 5.85. The summed E-state index contributed by atoms with van der Waals surface area (Å²) in [7, 11) is 3.17. The number of nitrogens with one attached hydrogen (secondary N) is 1. The lowest BCUT2D eigenvalue weighted by Gasteiger charge is -2.43. The Morgan fingerprint density at radius 1 is 1.08 bits per heavy atom. The van der Waals surface area contributed by atoms with E-state index >= 15 is 0 Å². The van der Waals surface area contributed by atoms with Crippen LogP contribution in [-0.2, 0) is 0 Å². The number of ether oxygens (including phenoxy) is 2. The number of methoxy groups -OCH3 is 2. The first-order chi connectivity index (χ1) is 10.7. The van der Waals surface area contributed by atoms with Gasteiger partial charge in [0.1, 0.15) is 0 Å². The first-order valence-electron chi connectivity index (χ1n) is 8.14. The Hall–Kier alpha value is -0.880. The van der Waals surface area contributed by atoms with E-state index in [1.165, 1.54) is 24.8 Å². The fraction of sp³-hybridized carbons (Fsp3) is 0.647. The fourth-order valence-corrected chi connectivity index (χ4v) is 3.58. The second-order valence-corrected chi connectivity index (χ2v) is 6.20. The van der Waals surface area contributed by atoms with Crippen LogP contribution in [0.25, 0.3) is 0 Å². The third kappa shape index (κ3) is 4.20. The Morgan fingerprint density at radius 2 is 1.62 bits per heavy atom. The van der Waals surface area contributed by atoms with Crippen molar-refractivity contribution < 1.29 is 14.6 Å². The first kappa shape index (κ1) is 21.2. The van der Waals surface area contributed by atoms with Crippen molar-refractivity contribution in [2.75, 3.05) is 40.4 Å². The number of halogens is 2. The number of aromatic hydroxyl groups is 1. The van der Waals surface area contributed by atoms with E-state index in [1.54, 1.807) is 14.2 Å². The van der Waals surface area contributed by atoms with E-state index in [4.69, 9.17) is 9.47 Å². The van der Waals surface area contributed by atoms with E-state index < -0.39 is 0 Å². The van der Waals surface area contributed by atoms with Crippen molar-refractivity contribution >= 4 is 24.8 Å². The van der Waals surface area contributed by atoms with Gasteiger partial charge in [-0.2, -0.15) is 0 Å². The molecule has 1 saturated carbocycles. The molecule has 2 fully saturated rings. The predicted molar refractivity (Wildman–Crippen MR) is 100 cm³/mol. The number of nitrogens with zero attached hydrogens (tertiary/aromatic N) is 1. The van der Waals surface area contributed by atoms with Gasteiger partial charge in [-0.05, 0) is 36.5 Å². The number of phenolic OH excluding ortho intramolecular Hbond substituents is 1. The van der Waals surface area contributed by atoms with Crippen LogP contribution >= 0.6 is 24.8 Å². The highest BCUT2D eigenvalue weighted by Gasteiger charge is 2.34. The number of piperazine rings is 1. The predicted octanol–water partition coefficient (Wildman–Crippen LogP) is 3.00. The highest BCUT2D eigenvalue weighted by atomic mass is 35.5. The first-order valence-corrected chi connectivity index (χ1v) is 8.14. The van der Waals surface area contributed by atoms with E-state index in [0.29, 0.717) is 23.5 Å². The van der Waals surface area contributed by atoms with E-state index in [-0.39, 0.29) is 30.6 Å². The van der Waals surface area contributed by atoms with Gasteiger partial charge in [-0.1, -0.05) is 6.42 Å². The zero-order valence-corrected chi connectivity index (χ0v) is 15.9. The van der Waals surface area contributed by atoms with Gasteiger partial charge in [-0.15, -0.1) is 24.8 Å². The molecule has 1 heterocycles. The minimum atomic E-state index is 0. The standard InChI is InChI=1S/C17H26N2O3.2ClH/c1-21-14-10-13(11-15(22-2)17(14)20)16(12-4-3-5-12)19-8-6-18-7-9-19;;/h10-12,16,18,20H,3-9H2,1-2H3;2*1H/t16-;;/m1../s1. The molecule has 0 spiro atoms. The second kappa shape index (κ2) is 9.56. The van der Waals surface area contributed by atoms with Crippen molar-refractivity contribution in [2.45, 2.75) is 25.3 Å². The summed E-state index contributed by atoms with van der Waals surface area (Å²) in [5, 5.41) is 13.6. The van der Waals surface area contributed by atoms with Gasteiger partial charge in [-0.3, -0.25) is 4.90 Å². The molecular formula is C17H28Cl2N2O3. The van der Waals surface area contributed by atoms with Crippen molar-refractivity contribution in [1.82, 2.24) is 10.2 Å². The molecule has 0 radical (unpaired) electrons. The molecular weight excluding hydrogens is 351 g/mol. The second-order valence-electron chi connectivity index (χ2n) is 6.20. The Balaban J connectivity index is 0.00000144. The van der Waals surface area contributed by atoms with E-state index in [2.05, 4.69) is 10.2 Å². The van der Waals surface area contributed by atoms with Crippen molar-refractivity contribution in [3.63, 3.8) is 0 Å². The van der Waals surface area contributed by atoms with Gasteiger partial charge in [0.25, 0.3) is 0 Å². The quantitative estimate of drug-likeness (QED) is 0.824. The lowest BCUT2D eigenvalue weighted by atomic mass is 9.76. The minimum absolute atomic E-state index is 0. The van der Waals surface area contributed by atoms with Crippen LogP contribution in [0.15, 0.2) is 12.1 Å². The van der Waals surface area contributed by atoms with Crippen LogP contribution in [0.3, 0.4) is 0 Å². The van der Waals surface area contributed by atoms with Gasteiger partial charge in [0.05, 0.1) is 14.2 Å². The van der Waals surface area contributed by atoms with Crippen molar-refractivity contribution in [3.8, 4) is 17.2 Å². The van der Waals surface area contributed by atoms with Crippen LogP contribution in [0, 0.1) is 5.92 Å². The zero-order chi connectivity index (χ0) is 15.5. The van der Waals surface area contributed by atoms with Gasteiger partial charge >= 0.3 is 0 Å². The van der Waals surface area contributed by atoms with Crippen LogP contribution in [0.5, 0.6) is 17.2 Å². The van der Waals surface area contributed by atoms with E-state index in [9.17, 15) is 5.11 Å². The van der Waals surface area contributed by atoms with Crippen molar-refractivity contribution in [2.24, 2.45) is 5.92 Å². The normalized spacial score (nSPS) is 19.4. The monoisotopic (exact) mass is 378 g/mol. The summed E-state index contributed by atoms with van der Waals surface area (Å²) >= 11 is 0. The van der Waals surface area contributed by atoms with Crippen molar-refractivity contribution in [3.05, 3.63) is 17.7 Å². The molecule has 7 heteroatoms. The molecule has 1 aromatic rings. The molecule has 1 aliphatic carbocycles. The van der Waals surface area contributed by atoms with Crippen LogP contribution in [0.4, 0.5) is 0 Å². The summed E-state index contributed by atoms with van der Waals surface area (Å²) in [6.45, 7) is 4.20. The topological polar surface area (TPSA) is 54.0 Å². The van der Waals surface area contributed by atoms with Crippen LogP contribution in [-0.4, -0.2) is 50.4 Å². The molecule has 3 rings (SSSR count). The molecule has 1 saturated heterocycles. The van der Waals surface area contributed by atoms with Gasteiger partial charge < -0.3 is 19.9 Å². The number of benzene rings is 1. The van der Waals surface area contributed by atoms with E-state index in [0.717, 1.165) is 26.2 Å². The Bertz CT molecular complexity index is 496. The maximum absolute atomic E-state index is 10.1. The van der Waals surface area contributed by atoms with Crippen LogP contribution in [0.2, 0.25) is 0 Å². The molecule has 24 heavy (non-hydrogen) atoms. The summed E-state index contributed by atoms with van der Waals surface area (Å²) in [6, 6.07) is 4.34. The summed E-state index contributed by atoms with van der Waals surface area (Å²) in [6.07, 6.45) is 3.87. The molecule has 138 valence electrons. The molecule has 1 aliphatic heterocycles. The Labute approximate surface area is 156 Å². The minimum Gasteiger partial charge on any atom is -0.502 e. The zero-order valence-electron chi connectivity index (χ0n) is 14.3. The maximum Gasteiger partial charge on any atom is 0.200 e. The molecule has 1 atom stereocenters. The third-order valence-electron chi connectivity index (χ3n) is 4.98. The van der Waals surface area contributed by atoms with Gasteiger partial charge in [0.15, 0.2) is 11.5 Å². The lowest BCUT2D eigenvalue weighted by molar-refractivity contribution is 0.0833. The Kier molecular flexibility index (Phi) is 8.43. The highest BCUT2D eigenvalue weighted by Crippen LogP contribution is 2.46. The van der Waals surface area contributed by atoms with Crippen LogP contribution < -0.4 is 14.8 Å². The van der Waals surface area contributed by atoms with Gasteiger partial charge in [0.2, 0.25) is 5.75 Å². The molecule has 0 amide bonds. The number of hydrogen-bond acceptors (Lipinski definition) is 5. The molecule has 1 aromatic carbocycles.